The normalized spacial score (nSPS) is 12.6. The van der Waals surface area contributed by atoms with Gasteiger partial charge in [0, 0.05) is 17.5 Å². The van der Waals surface area contributed by atoms with Crippen molar-refractivity contribution in [2.45, 2.75) is 32.9 Å². The number of halogens is 1. The number of nitrogens with one attached hydrogen (secondary N) is 1. The van der Waals surface area contributed by atoms with E-state index in [-0.39, 0.29) is 11.9 Å². The van der Waals surface area contributed by atoms with Crippen molar-refractivity contribution in [3.05, 3.63) is 45.9 Å². The van der Waals surface area contributed by atoms with Crippen molar-refractivity contribution < 1.29 is 4.39 Å². The molecule has 0 saturated carbocycles. The van der Waals surface area contributed by atoms with Crippen molar-refractivity contribution in [1.82, 2.24) is 15.3 Å². The Morgan fingerprint density at radius 1 is 1.39 bits per heavy atom. The van der Waals surface area contributed by atoms with Crippen LogP contribution >= 0.6 is 11.3 Å². The molecule has 2 aromatic rings. The average Bonchev–Trinajstić information content (AvgIpc) is 2.78. The minimum atomic E-state index is -0.299. The third kappa shape index (κ3) is 3.11. The van der Waals surface area contributed by atoms with Gasteiger partial charge >= 0.3 is 0 Å². The van der Waals surface area contributed by atoms with Crippen LogP contribution in [-0.2, 0) is 6.54 Å². The van der Waals surface area contributed by atoms with Crippen molar-refractivity contribution in [2.75, 3.05) is 0 Å². The number of hydrogen-bond acceptors (Lipinski definition) is 4. The first-order valence-corrected chi connectivity index (χ1v) is 6.82. The summed E-state index contributed by atoms with van der Waals surface area (Å²) in [6.07, 6.45) is 2.17. The van der Waals surface area contributed by atoms with Gasteiger partial charge in [-0.25, -0.2) is 9.37 Å². The Balaban J connectivity index is 2.01. The zero-order valence-electron chi connectivity index (χ0n) is 10.5. The van der Waals surface area contributed by atoms with Gasteiger partial charge in [0.1, 0.15) is 5.82 Å². The van der Waals surface area contributed by atoms with Crippen LogP contribution in [0.25, 0.3) is 0 Å². The number of aryl methyl sites for hydroxylation is 1. The Bertz CT molecular complexity index is 495. The Morgan fingerprint density at radius 2 is 2.22 bits per heavy atom. The topological polar surface area (TPSA) is 37.8 Å². The number of rotatable bonds is 5. The fourth-order valence-corrected chi connectivity index (χ4v) is 2.49. The quantitative estimate of drug-likeness (QED) is 0.902. The third-order valence-electron chi connectivity index (χ3n) is 2.87. The highest BCUT2D eigenvalue weighted by Gasteiger charge is 2.11. The standard InChI is InChI=1S/C13H16FN3S/c1-3-11(12-5-4-10(14)6-15-12)16-7-13-9(2)17-8-18-13/h4-6,8,11,16H,3,7H2,1-2H3. The monoisotopic (exact) mass is 265 g/mol. The van der Waals surface area contributed by atoms with Crippen molar-refractivity contribution in [3.8, 4) is 0 Å². The van der Waals surface area contributed by atoms with Crippen LogP contribution in [0, 0.1) is 12.7 Å². The molecule has 1 unspecified atom stereocenters. The van der Waals surface area contributed by atoms with Crippen molar-refractivity contribution >= 4 is 11.3 Å². The molecule has 0 fully saturated rings. The molecule has 0 aliphatic carbocycles. The van der Waals surface area contributed by atoms with Gasteiger partial charge in [-0.3, -0.25) is 4.98 Å². The summed E-state index contributed by atoms with van der Waals surface area (Å²) in [7, 11) is 0. The smallest absolute Gasteiger partial charge is 0.141 e. The summed E-state index contributed by atoms with van der Waals surface area (Å²) in [5.74, 6) is -0.299. The number of aromatic nitrogens is 2. The molecule has 1 N–H and O–H groups in total. The van der Waals surface area contributed by atoms with Crippen LogP contribution in [-0.4, -0.2) is 9.97 Å². The lowest BCUT2D eigenvalue weighted by Crippen LogP contribution is -2.21. The van der Waals surface area contributed by atoms with Gasteiger partial charge in [-0.2, -0.15) is 0 Å². The van der Waals surface area contributed by atoms with Crippen LogP contribution in [0.1, 0.15) is 35.7 Å². The van der Waals surface area contributed by atoms with Crippen LogP contribution in [0.15, 0.2) is 23.8 Å². The van der Waals surface area contributed by atoms with Gasteiger partial charge in [0.15, 0.2) is 0 Å². The van der Waals surface area contributed by atoms with E-state index in [9.17, 15) is 4.39 Å². The summed E-state index contributed by atoms with van der Waals surface area (Å²) < 4.78 is 12.8. The lowest BCUT2D eigenvalue weighted by molar-refractivity contribution is 0.505. The summed E-state index contributed by atoms with van der Waals surface area (Å²) in [4.78, 5) is 9.57. The molecule has 0 aliphatic rings. The summed E-state index contributed by atoms with van der Waals surface area (Å²) in [6.45, 7) is 4.86. The summed E-state index contributed by atoms with van der Waals surface area (Å²) in [6, 6.07) is 3.33. The molecule has 0 radical (unpaired) electrons. The van der Waals surface area contributed by atoms with Gasteiger partial charge < -0.3 is 5.32 Å². The molecule has 3 nitrogen and oxygen atoms in total. The van der Waals surface area contributed by atoms with E-state index in [1.807, 2.05) is 12.4 Å². The predicted octanol–water partition coefficient (Wildman–Crippen LogP) is 3.23. The lowest BCUT2D eigenvalue weighted by atomic mass is 10.1. The summed E-state index contributed by atoms with van der Waals surface area (Å²) in [5.41, 5.74) is 3.79. The molecule has 1 atom stereocenters. The second-order valence-corrected chi connectivity index (χ2v) is 5.04. The van der Waals surface area contributed by atoms with E-state index in [0.717, 1.165) is 24.4 Å². The van der Waals surface area contributed by atoms with Crippen LogP contribution in [0.5, 0.6) is 0 Å². The van der Waals surface area contributed by atoms with E-state index >= 15 is 0 Å². The molecule has 0 aromatic carbocycles. The largest absolute Gasteiger partial charge is 0.304 e. The van der Waals surface area contributed by atoms with Crippen molar-refractivity contribution in [1.29, 1.82) is 0 Å². The van der Waals surface area contributed by atoms with Crippen LogP contribution in [0.3, 0.4) is 0 Å². The van der Waals surface area contributed by atoms with Crippen molar-refractivity contribution in [3.63, 3.8) is 0 Å². The minimum absolute atomic E-state index is 0.145. The van der Waals surface area contributed by atoms with Crippen LogP contribution < -0.4 is 5.32 Å². The van der Waals surface area contributed by atoms with Crippen LogP contribution in [0.2, 0.25) is 0 Å². The molecule has 96 valence electrons. The molecule has 2 heterocycles. The molecule has 2 rings (SSSR count). The SMILES string of the molecule is CCC(NCc1scnc1C)c1ccc(F)cn1. The molecule has 0 spiro atoms. The molecule has 0 amide bonds. The van der Waals surface area contributed by atoms with Crippen LogP contribution in [0.4, 0.5) is 4.39 Å². The molecule has 0 aliphatic heterocycles. The first kappa shape index (κ1) is 13.1. The molecule has 2 aromatic heterocycles. The Kier molecular flexibility index (Phi) is 4.38. The molecule has 18 heavy (non-hydrogen) atoms. The van der Waals surface area contributed by atoms with Gasteiger partial charge in [0.2, 0.25) is 0 Å². The Labute approximate surface area is 110 Å². The van der Waals surface area contributed by atoms with Gasteiger partial charge in [-0.05, 0) is 25.5 Å². The first-order valence-electron chi connectivity index (χ1n) is 5.94. The van der Waals surface area contributed by atoms with E-state index in [4.69, 9.17) is 0 Å². The minimum Gasteiger partial charge on any atom is -0.304 e. The number of nitrogens with zero attached hydrogens (tertiary/aromatic N) is 2. The average molecular weight is 265 g/mol. The second kappa shape index (κ2) is 6.02. The molecule has 0 saturated heterocycles. The number of thiazole rings is 1. The van der Waals surface area contributed by atoms with E-state index in [2.05, 4.69) is 22.2 Å². The van der Waals surface area contributed by atoms with E-state index < -0.39 is 0 Å². The lowest BCUT2D eigenvalue weighted by Gasteiger charge is -2.16. The maximum atomic E-state index is 12.8. The van der Waals surface area contributed by atoms with Gasteiger partial charge in [-0.15, -0.1) is 11.3 Å². The fourth-order valence-electron chi connectivity index (χ4n) is 1.76. The number of hydrogen-bond donors (Lipinski definition) is 1. The first-order chi connectivity index (χ1) is 8.70. The fraction of sp³-hybridized carbons (Fsp3) is 0.385. The number of pyridine rings is 1. The highest BCUT2D eigenvalue weighted by atomic mass is 32.1. The zero-order valence-corrected chi connectivity index (χ0v) is 11.3. The van der Waals surface area contributed by atoms with Crippen molar-refractivity contribution in [2.24, 2.45) is 0 Å². The third-order valence-corrected chi connectivity index (χ3v) is 3.80. The van der Waals surface area contributed by atoms with Gasteiger partial charge in [-0.1, -0.05) is 6.92 Å². The molecular weight excluding hydrogens is 249 g/mol. The van der Waals surface area contributed by atoms with E-state index in [0.29, 0.717) is 0 Å². The molecule has 5 heteroatoms. The van der Waals surface area contributed by atoms with Gasteiger partial charge in [0.25, 0.3) is 0 Å². The second-order valence-electron chi connectivity index (χ2n) is 4.10. The molecular formula is C13H16FN3S. The van der Waals surface area contributed by atoms with Gasteiger partial charge in [0.05, 0.1) is 23.1 Å². The maximum absolute atomic E-state index is 12.8. The van der Waals surface area contributed by atoms with E-state index in [1.165, 1.54) is 17.1 Å². The highest BCUT2D eigenvalue weighted by Crippen LogP contribution is 2.17. The Hall–Kier alpha value is -1.33. The Morgan fingerprint density at radius 3 is 2.78 bits per heavy atom. The predicted molar refractivity (Wildman–Crippen MR) is 70.9 cm³/mol. The molecule has 0 bridgehead atoms. The summed E-state index contributed by atoms with van der Waals surface area (Å²) >= 11 is 1.65. The highest BCUT2D eigenvalue weighted by molar-refractivity contribution is 7.09. The maximum Gasteiger partial charge on any atom is 0.141 e. The summed E-state index contributed by atoms with van der Waals surface area (Å²) in [5, 5.41) is 3.43. The van der Waals surface area contributed by atoms with E-state index in [1.54, 1.807) is 17.4 Å². The zero-order chi connectivity index (χ0) is 13.0.